The lowest BCUT2D eigenvalue weighted by atomic mass is 10.1. The smallest absolute Gasteiger partial charge is 0.245 e. The number of morpholine rings is 1. The summed E-state index contributed by atoms with van der Waals surface area (Å²) in [6, 6.07) is 7.32. The second-order valence-corrected chi connectivity index (χ2v) is 4.48. The Labute approximate surface area is 111 Å². The Bertz CT molecular complexity index is 418. The van der Waals surface area contributed by atoms with Gasteiger partial charge in [0.2, 0.25) is 5.91 Å². The van der Waals surface area contributed by atoms with E-state index in [1.165, 1.54) is 0 Å². The summed E-state index contributed by atoms with van der Waals surface area (Å²) in [5.41, 5.74) is 0.707. The van der Waals surface area contributed by atoms with Gasteiger partial charge in [-0.3, -0.25) is 4.79 Å². The quantitative estimate of drug-likeness (QED) is 0.786. The van der Waals surface area contributed by atoms with E-state index in [9.17, 15) is 4.79 Å². The van der Waals surface area contributed by atoms with Crippen LogP contribution in [0.15, 0.2) is 24.3 Å². The molecule has 1 saturated heterocycles. The maximum atomic E-state index is 12.2. The number of alkyl halides is 1. The van der Waals surface area contributed by atoms with Gasteiger partial charge in [-0.05, 0) is 6.07 Å². The third-order valence-corrected chi connectivity index (χ3v) is 3.37. The van der Waals surface area contributed by atoms with Gasteiger partial charge in [0, 0.05) is 18.7 Å². The number of carbonyl (C=O) groups excluding carboxylic acids is 1. The van der Waals surface area contributed by atoms with Gasteiger partial charge in [0.15, 0.2) is 0 Å². The molecule has 1 atom stereocenters. The summed E-state index contributed by atoms with van der Waals surface area (Å²) in [4.78, 5) is 14.0. The van der Waals surface area contributed by atoms with E-state index >= 15 is 0 Å². The lowest BCUT2D eigenvalue weighted by molar-refractivity contribution is -0.135. The van der Waals surface area contributed by atoms with Crippen molar-refractivity contribution in [1.82, 2.24) is 4.90 Å². The average molecular weight is 270 g/mol. The molecule has 0 spiro atoms. The van der Waals surface area contributed by atoms with Crippen molar-refractivity contribution in [3.05, 3.63) is 29.8 Å². The summed E-state index contributed by atoms with van der Waals surface area (Å²) in [6.07, 6.45) is 0. The summed E-state index contributed by atoms with van der Waals surface area (Å²) in [5, 5.41) is -0.709. The van der Waals surface area contributed by atoms with Crippen molar-refractivity contribution < 1.29 is 14.3 Å². The van der Waals surface area contributed by atoms with E-state index in [0.717, 1.165) is 0 Å². The van der Waals surface area contributed by atoms with Gasteiger partial charge in [-0.15, -0.1) is 11.6 Å². The molecule has 2 rings (SSSR count). The Kier molecular flexibility index (Phi) is 4.44. The molecule has 0 aromatic heterocycles. The maximum Gasteiger partial charge on any atom is 0.245 e. The molecule has 0 N–H and O–H groups in total. The minimum Gasteiger partial charge on any atom is -0.496 e. The lowest BCUT2D eigenvalue weighted by Crippen LogP contribution is -2.42. The maximum absolute atomic E-state index is 12.2. The first-order valence-corrected chi connectivity index (χ1v) is 6.31. The van der Waals surface area contributed by atoms with E-state index in [2.05, 4.69) is 0 Å². The molecule has 4 nitrogen and oxygen atoms in total. The molecule has 1 amide bonds. The van der Waals surface area contributed by atoms with E-state index in [1.54, 1.807) is 18.1 Å². The molecule has 1 aromatic carbocycles. The standard InChI is InChI=1S/C13H16ClNO3/c1-17-11-5-3-2-4-10(11)12(14)13(16)15-6-8-18-9-7-15/h2-5,12H,6-9H2,1H3. The monoisotopic (exact) mass is 269 g/mol. The fourth-order valence-corrected chi connectivity index (χ4v) is 2.27. The lowest BCUT2D eigenvalue weighted by Gasteiger charge is -2.29. The fraction of sp³-hybridized carbons (Fsp3) is 0.462. The topological polar surface area (TPSA) is 38.8 Å². The van der Waals surface area contributed by atoms with Crippen molar-refractivity contribution in [1.29, 1.82) is 0 Å². The van der Waals surface area contributed by atoms with Gasteiger partial charge in [-0.2, -0.15) is 0 Å². The molecule has 98 valence electrons. The van der Waals surface area contributed by atoms with Crippen LogP contribution in [0.2, 0.25) is 0 Å². The Hall–Kier alpha value is -1.26. The SMILES string of the molecule is COc1ccccc1C(Cl)C(=O)N1CCOCC1. The van der Waals surface area contributed by atoms with Gasteiger partial charge in [-0.25, -0.2) is 0 Å². The van der Waals surface area contributed by atoms with Crippen LogP contribution in [0.4, 0.5) is 0 Å². The second-order valence-electron chi connectivity index (χ2n) is 4.04. The van der Waals surface area contributed by atoms with Crippen molar-refractivity contribution in [2.45, 2.75) is 5.38 Å². The summed E-state index contributed by atoms with van der Waals surface area (Å²) in [5.74, 6) is 0.545. The summed E-state index contributed by atoms with van der Waals surface area (Å²) in [7, 11) is 1.57. The Morgan fingerprint density at radius 2 is 2.06 bits per heavy atom. The number of para-hydroxylation sites is 1. The predicted molar refractivity (Wildman–Crippen MR) is 69.0 cm³/mol. The zero-order valence-electron chi connectivity index (χ0n) is 10.3. The number of benzene rings is 1. The molecule has 1 fully saturated rings. The van der Waals surface area contributed by atoms with Crippen LogP contribution in [0.5, 0.6) is 5.75 Å². The van der Waals surface area contributed by atoms with Crippen molar-refractivity contribution in [3.63, 3.8) is 0 Å². The minimum atomic E-state index is -0.709. The predicted octanol–water partition coefficient (Wildman–Crippen LogP) is 1.83. The largest absolute Gasteiger partial charge is 0.496 e. The molecule has 1 aliphatic heterocycles. The van der Waals surface area contributed by atoms with Crippen LogP contribution in [0.1, 0.15) is 10.9 Å². The Morgan fingerprint density at radius 1 is 1.39 bits per heavy atom. The molecular formula is C13H16ClNO3. The number of hydrogen-bond acceptors (Lipinski definition) is 3. The second kappa shape index (κ2) is 6.07. The molecule has 0 aliphatic carbocycles. The van der Waals surface area contributed by atoms with Gasteiger partial charge in [0.1, 0.15) is 11.1 Å². The first-order chi connectivity index (χ1) is 8.74. The molecule has 1 aromatic rings. The Morgan fingerprint density at radius 3 is 2.72 bits per heavy atom. The summed E-state index contributed by atoms with van der Waals surface area (Å²) in [6.45, 7) is 2.33. The van der Waals surface area contributed by atoms with Crippen LogP contribution in [0.3, 0.4) is 0 Å². The fourth-order valence-electron chi connectivity index (χ4n) is 1.95. The van der Waals surface area contributed by atoms with Crippen molar-refractivity contribution in [2.75, 3.05) is 33.4 Å². The summed E-state index contributed by atoms with van der Waals surface area (Å²) >= 11 is 6.26. The van der Waals surface area contributed by atoms with E-state index in [0.29, 0.717) is 37.6 Å². The van der Waals surface area contributed by atoms with E-state index in [4.69, 9.17) is 21.1 Å². The molecule has 18 heavy (non-hydrogen) atoms. The first kappa shape index (κ1) is 13.2. The van der Waals surface area contributed by atoms with E-state index in [-0.39, 0.29) is 5.91 Å². The number of methoxy groups -OCH3 is 1. The third kappa shape index (κ3) is 2.76. The number of carbonyl (C=O) groups is 1. The normalized spacial score (nSPS) is 17.3. The van der Waals surface area contributed by atoms with Crippen LogP contribution in [-0.2, 0) is 9.53 Å². The number of nitrogens with zero attached hydrogens (tertiary/aromatic N) is 1. The minimum absolute atomic E-state index is 0.0931. The highest BCUT2D eigenvalue weighted by molar-refractivity contribution is 6.31. The molecule has 1 aliphatic rings. The molecule has 5 heteroatoms. The van der Waals surface area contributed by atoms with E-state index < -0.39 is 5.38 Å². The van der Waals surface area contributed by atoms with Crippen molar-refractivity contribution in [2.24, 2.45) is 0 Å². The van der Waals surface area contributed by atoms with Crippen LogP contribution in [-0.4, -0.2) is 44.2 Å². The highest BCUT2D eigenvalue weighted by Crippen LogP contribution is 2.31. The Balaban J connectivity index is 2.14. The molecule has 1 unspecified atom stereocenters. The highest BCUT2D eigenvalue weighted by Gasteiger charge is 2.27. The van der Waals surface area contributed by atoms with Gasteiger partial charge >= 0.3 is 0 Å². The number of rotatable bonds is 3. The van der Waals surface area contributed by atoms with Crippen LogP contribution >= 0.6 is 11.6 Å². The number of hydrogen-bond donors (Lipinski definition) is 0. The van der Waals surface area contributed by atoms with Gasteiger partial charge in [0.25, 0.3) is 0 Å². The number of amides is 1. The highest BCUT2D eigenvalue weighted by atomic mass is 35.5. The summed E-state index contributed by atoms with van der Waals surface area (Å²) < 4.78 is 10.4. The van der Waals surface area contributed by atoms with Crippen LogP contribution in [0, 0.1) is 0 Å². The van der Waals surface area contributed by atoms with Crippen molar-refractivity contribution in [3.8, 4) is 5.75 Å². The van der Waals surface area contributed by atoms with E-state index in [1.807, 2.05) is 18.2 Å². The molecule has 0 radical (unpaired) electrons. The zero-order valence-corrected chi connectivity index (χ0v) is 11.0. The first-order valence-electron chi connectivity index (χ1n) is 5.87. The molecule has 1 heterocycles. The van der Waals surface area contributed by atoms with Crippen LogP contribution in [0.25, 0.3) is 0 Å². The van der Waals surface area contributed by atoms with Gasteiger partial charge < -0.3 is 14.4 Å². The van der Waals surface area contributed by atoms with Crippen LogP contribution < -0.4 is 4.74 Å². The number of halogens is 1. The molecule has 0 saturated carbocycles. The third-order valence-electron chi connectivity index (χ3n) is 2.95. The molecular weight excluding hydrogens is 254 g/mol. The van der Waals surface area contributed by atoms with Crippen molar-refractivity contribution >= 4 is 17.5 Å². The molecule has 0 bridgehead atoms. The van der Waals surface area contributed by atoms with Gasteiger partial charge in [-0.1, -0.05) is 18.2 Å². The average Bonchev–Trinajstić information content (AvgIpc) is 2.46. The number of ether oxygens (including phenoxy) is 2. The van der Waals surface area contributed by atoms with Gasteiger partial charge in [0.05, 0.1) is 20.3 Å². The zero-order chi connectivity index (χ0) is 13.0.